The van der Waals surface area contributed by atoms with Crippen molar-refractivity contribution in [3.63, 3.8) is 0 Å². The van der Waals surface area contributed by atoms with E-state index < -0.39 is 16.0 Å². The van der Waals surface area contributed by atoms with E-state index >= 15 is 0 Å². The summed E-state index contributed by atoms with van der Waals surface area (Å²) >= 11 is 0. The quantitative estimate of drug-likeness (QED) is 0.436. The van der Waals surface area contributed by atoms with Crippen LogP contribution >= 0.6 is 0 Å². The van der Waals surface area contributed by atoms with E-state index in [0.29, 0.717) is 35.0 Å². The Bertz CT molecular complexity index is 1440. The lowest BCUT2D eigenvalue weighted by molar-refractivity contribution is -0.137. The average molecular weight is 514 g/mol. The van der Waals surface area contributed by atoms with Crippen molar-refractivity contribution in [3.8, 4) is 11.3 Å². The molecule has 0 saturated heterocycles. The zero-order valence-corrected chi connectivity index (χ0v) is 20.8. The van der Waals surface area contributed by atoms with Gasteiger partial charge in [-0.1, -0.05) is 0 Å². The Balaban J connectivity index is 1.70. The minimum atomic E-state index is -3.67. The Labute approximate surface area is 208 Å². The highest BCUT2D eigenvalue weighted by molar-refractivity contribution is 7.92. The first-order valence-corrected chi connectivity index (χ1v) is 13.9. The third-order valence-electron chi connectivity index (χ3n) is 6.52. The smallest absolute Gasteiger partial charge is 0.303 e. The van der Waals surface area contributed by atoms with Crippen molar-refractivity contribution in [2.45, 2.75) is 38.0 Å². The van der Waals surface area contributed by atoms with Gasteiger partial charge in [-0.05, 0) is 67.5 Å². The van der Waals surface area contributed by atoms with Gasteiger partial charge in [0.15, 0.2) is 0 Å². The molecule has 36 heavy (non-hydrogen) atoms. The van der Waals surface area contributed by atoms with Gasteiger partial charge in [-0.2, -0.15) is 0 Å². The van der Waals surface area contributed by atoms with Gasteiger partial charge in [0.25, 0.3) is 0 Å². The van der Waals surface area contributed by atoms with Crippen LogP contribution in [0.3, 0.4) is 0 Å². The van der Waals surface area contributed by atoms with Crippen LogP contribution in [0.2, 0.25) is 0 Å². The second-order valence-corrected chi connectivity index (χ2v) is 11.2. The number of benzene rings is 2. The minimum absolute atomic E-state index is 0.0585. The van der Waals surface area contributed by atoms with Crippen LogP contribution in [0.15, 0.2) is 45.8 Å². The van der Waals surface area contributed by atoms with Gasteiger partial charge in [0.1, 0.15) is 23.0 Å². The van der Waals surface area contributed by atoms with E-state index in [4.69, 9.17) is 9.52 Å². The predicted octanol–water partition coefficient (Wildman–Crippen LogP) is 4.49. The molecule has 1 aliphatic heterocycles. The number of aliphatic carboxylic acids is 1. The molecule has 1 aromatic heterocycles. The molecule has 0 bridgehead atoms. The van der Waals surface area contributed by atoms with E-state index in [1.807, 2.05) is 6.07 Å². The molecule has 2 N–H and O–H groups in total. The van der Waals surface area contributed by atoms with Crippen molar-refractivity contribution in [1.29, 1.82) is 0 Å². The Morgan fingerprint density at radius 2 is 2.00 bits per heavy atom. The van der Waals surface area contributed by atoms with Crippen LogP contribution in [0.1, 0.15) is 49.1 Å². The summed E-state index contributed by atoms with van der Waals surface area (Å²) in [6.45, 7) is 1.51. The van der Waals surface area contributed by atoms with Gasteiger partial charge in [0, 0.05) is 43.1 Å². The highest BCUT2D eigenvalue weighted by Gasteiger charge is 2.33. The Kier molecular flexibility index (Phi) is 6.46. The lowest BCUT2D eigenvalue weighted by Gasteiger charge is -2.25. The fourth-order valence-electron chi connectivity index (χ4n) is 4.66. The summed E-state index contributed by atoms with van der Waals surface area (Å²) in [5, 5.41) is 13.2. The molecular weight excluding hydrogens is 485 g/mol. The second kappa shape index (κ2) is 9.57. The first kappa shape index (κ1) is 24.3. The summed E-state index contributed by atoms with van der Waals surface area (Å²) in [4.78, 5) is 15.7. The van der Waals surface area contributed by atoms with Crippen LogP contribution in [0.5, 0.6) is 0 Å². The van der Waals surface area contributed by atoms with Crippen LogP contribution in [0.4, 0.5) is 10.1 Å². The van der Waals surface area contributed by atoms with Gasteiger partial charge in [0.05, 0.1) is 17.5 Å². The predicted molar refractivity (Wildman–Crippen MR) is 137 cm³/mol. The number of carboxylic acid groups (broad SMARTS) is 1. The molecule has 0 radical (unpaired) electrons. The van der Waals surface area contributed by atoms with Crippen LogP contribution in [-0.4, -0.2) is 51.2 Å². The molecule has 2 aromatic carbocycles. The van der Waals surface area contributed by atoms with E-state index in [1.165, 1.54) is 16.4 Å². The number of sulfonamides is 1. The molecule has 3 aromatic rings. The SMILES string of the molecule is CS(=O)(=O)N(CCCC(=O)O)c1cc2oc(-c3ccc(F)cc3)c(C3=NCCCN3)c2cc1C1CC1. The fraction of sp³-hybridized carbons (Fsp3) is 0.385. The maximum absolute atomic E-state index is 13.7. The number of nitrogens with one attached hydrogen (secondary N) is 1. The standard InChI is InChI=1S/C26H28FN3O5S/c1-36(33,34)30(13-2-4-23(31)32)21-15-22-20(14-19(21)16-5-6-16)24(26-28-11-3-12-29-26)25(35-22)17-7-9-18(27)10-8-17/h7-10,14-16H,2-6,11-13H2,1H3,(H,28,29)(H,31,32). The maximum Gasteiger partial charge on any atom is 0.303 e. The third kappa shape index (κ3) is 4.95. The zero-order valence-electron chi connectivity index (χ0n) is 20.0. The number of amidine groups is 1. The summed E-state index contributed by atoms with van der Waals surface area (Å²) in [6, 6.07) is 9.77. The van der Waals surface area contributed by atoms with Gasteiger partial charge in [-0.25, -0.2) is 12.8 Å². The molecule has 0 unspecified atom stereocenters. The minimum Gasteiger partial charge on any atom is -0.481 e. The highest BCUT2D eigenvalue weighted by atomic mass is 32.2. The number of anilines is 1. The highest BCUT2D eigenvalue weighted by Crippen LogP contribution is 2.48. The van der Waals surface area contributed by atoms with Gasteiger partial charge in [-0.15, -0.1) is 0 Å². The molecular formula is C26H28FN3O5S. The fourth-order valence-corrected chi connectivity index (χ4v) is 5.64. The number of carbonyl (C=O) groups is 1. The van der Waals surface area contributed by atoms with E-state index in [9.17, 15) is 17.6 Å². The van der Waals surface area contributed by atoms with E-state index in [1.54, 1.807) is 18.2 Å². The van der Waals surface area contributed by atoms with Gasteiger partial charge in [0.2, 0.25) is 10.0 Å². The van der Waals surface area contributed by atoms with Crippen LogP contribution < -0.4 is 9.62 Å². The molecule has 190 valence electrons. The largest absolute Gasteiger partial charge is 0.481 e. The van der Waals surface area contributed by atoms with Crippen molar-refractivity contribution in [2.75, 3.05) is 30.2 Å². The zero-order chi connectivity index (χ0) is 25.4. The number of rotatable bonds is 9. The number of halogens is 1. The summed E-state index contributed by atoms with van der Waals surface area (Å²) in [6.07, 6.45) is 4.01. The summed E-state index contributed by atoms with van der Waals surface area (Å²) in [7, 11) is -3.67. The van der Waals surface area contributed by atoms with Crippen LogP contribution in [-0.2, 0) is 14.8 Å². The molecule has 2 aliphatic rings. The number of carboxylic acids is 1. The number of hydrogen-bond donors (Lipinski definition) is 2. The van der Waals surface area contributed by atoms with Gasteiger partial charge in [-0.3, -0.25) is 14.1 Å². The molecule has 1 aliphatic carbocycles. The lowest BCUT2D eigenvalue weighted by Crippen LogP contribution is -2.32. The Hall–Kier alpha value is -3.40. The molecule has 0 amide bonds. The Morgan fingerprint density at radius 1 is 1.25 bits per heavy atom. The molecule has 1 saturated carbocycles. The average Bonchev–Trinajstić information content (AvgIpc) is 3.61. The lowest BCUT2D eigenvalue weighted by atomic mass is 9.99. The molecule has 10 heteroatoms. The van der Waals surface area contributed by atoms with Crippen molar-refractivity contribution in [2.24, 2.45) is 4.99 Å². The normalized spacial score (nSPS) is 16.0. The summed E-state index contributed by atoms with van der Waals surface area (Å²) < 4.78 is 46.9. The molecule has 0 atom stereocenters. The maximum atomic E-state index is 13.7. The molecule has 5 rings (SSSR count). The second-order valence-electron chi connectivity index (χ2n) is 9.34. The van der Waals surface area contributed by atoms with E-state index in [2.05, 4.69) is 10.3 Å². The summed E-state index contributed by atoms with van der Waals surface area (Å²) in [5.41, 5.74) is 3.37. The van der Waals surface area contributed by atoms with Crippen molar-refractivity contribution < 1.29 is 27.1 Å². The molecule has 0 spiro atoms. The summed E-state index contributed by atoms with van der Waals surface area (Å²) in [5.74, 6) is 0.130. The number of furan rings is 1. The number of fused-ring (bicyclic) bond motifs is 1. The first-order valence-electron chi connectivity index (χ1n) is 12.1. The Morgan fingerprint density at radius 3 is 2.61 bits per heavy atom. The topological polar surface area (TPSA) is 112 Å². The molecule has 2 heterocycles. The van der Waals surface area contributed by atoms with Gasteiger partial charge < -0.3 is 14.8 Å². The van der Waals surface area contributed by atoms with Crippen molar-refractivity contribution >= 4 is 38.5 Å². The number of aliphatic imine (C=N–C) groups is 1. The number of nitrogens with zero attached hydrogens (tertiary/aromatic N) is 2. The number of hydrogen-bond acceptors (Lipinski definition) is 6. The van der Waals surface area contributed by atoms with E-state index in [0.717, 1.165) is 48.6 Å². The molecule has 8 nitrogen and oxygen atoms in total. The van der Waals surface area contributed by atoms with Crippen LogP contribution in [0, 0.1) is 5.82 Å². The van der Waals surface area contributed by atoms with Gasteiger partial charge >= 0.3 is 5.97 Å². The third-order valence-corrected chi connectivity index (χ3v) is 7.70. The first-order chi connectivity index (χ1) is 17.2. The van der Waals surface area contributed by atoms with E-state index in [-0.39, 0.29) is 31.1 Å². The van der Waals surface area contributed by atoms with Crippen molar-refractivity contribution in [1.82, 2.24) is 5.32 Å². The monoisotopic (exact) mass is 513 g/mol. The van der Waals surface area contributed by atoms with Crippen LogP contribution in [0.25, 0.3) is 22.3 Å². The molecule has 1 fully saturated rings. The van der Waals surface area contributed by atoms with Crippen molar-refractivity contribution in [3.05, 3.63) is 53.3 Å².